The Kier molecular flexibility index (Phi) is 3.62. The van der Waals surface area contributed by atoms with Crippen LogP contribution in [0.15, 0.2) is 30.7 Å². The number of anilines is 1. The lowest BCUT2D eigenvalue weighted by molar-refractivity contribution is 0.570. The van der Waals surface area contributed by atoms with Crippen LogP contribution in [0, 0.1) is 0 Å². The molecule has 0 aliphatic rings. The Hall–Kier alpha value is -1.57. The van der Waals surface area contributed by atoms with Crippen LogP contribution in [0.2, 0.25) is 5.28 Å². The fourth-order valence-electron chi connectivity index (χ4n) is 1.17. The Morgan fingerprint density at radius 1 is 1.18 bits per heavy atom. The molecule has 1 atom stereocenters. The highest BCUT2D eigenvalue weighted by Gasteiger charge is 2.02. The molecule has 2 aromatic rings. The van der Waals surface area contributed by atoms with E-state index in [0.717, 1.165) is 0 Å². The van der Waals surface area contributed by atoms with E-state index in [-0.39, 0.29) is 5.28 Å². The van der Waals surface area contributed by atoms with Crippen molar-refractivity contribution in [2.24, 2.45) is 0 Å². The average molecular weight is 271 g/mol. The Labute approximate surface area is 105 Å². The minimum absolute atomic E-state index is 0.169. The number of hydrogen-bond acceptors (Lipinski definition) is 4. The van der Waals surface area contributed by atoms with Gasteiger partial charge in [0.05, 0.1) is 17.6 Å². The molecule has 8 heteroatoms. The zero-order valence-electron chi connectivity index (χ0n) is 8.37. The first-order valence-electron chi connectivity index (χ1n) is 4.46. The summed E-state index contributed by atoms with van der Waals surface area (Å²) >= 11 is 3.46. The third kappa shape index (κ3) is 3.19. The number of halogens is 1. The minimum Gasteiger partial charge on any atom is -0.289 e. The van der Waals surface area contributed by atoms with Crippen LogP contribution < -0.4 is 4.72 Å². The van der Waals surface area contributed by atoms with E-state index in [9.17, 15) is 4.21 Å². The Balaban J connectivity index is 2.23. The Morgan fingerprint density at radius 2 is 1.88 bits per heavy atom. The summed E-state index contributed by atoms with van der Waals surface area (Å²) in [5, 5.41) is 0.169. The number of nitrogens with one attached hydrogen (secondary N) is 1. The average Bonchev–Trinajstić information content (AvgIpc) is 2.30. The summed E-state index contributed by atoms with van der Waals surface area (Å²) in [6.07, 6.45) is 4.54. The van der Waals surface area contributed by atoms with Gasteiger partial charge in [0.25, 0.3) is 11.3 Å². The molecule has 6 nitrogen and oxygen atoms in total. The van der Waals surface area contributed by atoms with Crippen molar-refractivity contribution in [1.29, 1.82) is 0 Å². The summed E-state index contributed by atoms with van der Waals surface area (Å²) in [5.74, 6) is 0. The molecule has 0 aliphatic heterocycles. The van der Waals surface area contributed by atoms with Gasteiger partial charge in [-0.25, -0.2) is 14.2 Å². The quantitative estimate of drug-likeness (QED) is 0.655. The summed E-state index contributed by atoms with van der Waals surface area (Å²) < 4.78 is 21.4. The van der Waals surface area contributed by atoms with E-state index in [1.165, 1.54) is 6.20 Å². The van der Waals surface area contributed by atoms with Crippen molar-refractivity contribution in [1.82, 2.24) is 15.0 Å². The molecular weight excluding hydrogens is 264 g/mol. The van der Waals surface area contributed by atoms with Gasteiger partial charge in [-0.3, -0.25) is 14.3 Å². The highest BCUT2D eigenvalue weighted by molar-refractivity contribution is 7.80. The van der Waals surface area contributed by atoms with Gasteiger partial charge in [-0.15, -0.1) is 0 Å². The van der Waals surface area contributed by atoms with Gasteiger partial charge in [0.15, 0.2) is 0 Å². The standard InChI is InChI=1S/C9H7ClN4O2S/c10-9-12-3-6(4-13-9)8-2-1-7(5-11-8)14-17(15)16/h1-5,14H,(H,15,16). The normalized spacial score (nSPS) is 12.1. The SMILES string of the molecule is O=S(O)Nc1ccc(-c2cnc(Cl)nc2)nc1. The predicted octanol–water partition coefficient (Wildman–Crippen LogP) is 1.74. The van der Waals surface area contributed by atoms with Crippen molar-refractivity contribution < 1.29 is 8.76 Å². The molecule has 0 saturated carbocycles. The van der Waals surface area contributed by atoms with Crippen molar-refractivity contribution in [2.75, 3.05) is 4.72 Å². The maximum Gasteiger partial charge on any atom is 0.259 e. The Morgan fingerprint density at radius 3 is 2.41 bits per heavy atom. The van der Waals surface area contributed by atoms with Gasteiger partial charge in [0.2, 0.25) is 5.28 Å². The second-order valence-corrected chi connectivity index (χ2v) is 4.06. The van der Waals surface area contributed by atoms with Crippen LogP contribution in [0.3, 0.4) is 0 Å². The molecule has 0 fully saturated rings. The molecule has 0 amide bonds. The summed E-state index contributed by atoms with van der Waals surface area (Å²) in [4.78, 5) is 11.8. The lowest BCUT2D eigenvalue weighted by atomic mass is 10.2. The second kappa shape index (κ2) is 5.17. The molecule has 0 aromatic carbocycles. The van der Waals surface area contributed by atoms with Crippen LogP contribution in [-0.2, 0) is 11.3 Å². The maximum atomic E-state index is 10.5. The predicted molar refractivity (Wildman–Crippen MR) is 64.7 cm³/mol. The lowest BCUT2D eigenvalue weighted by Gasteiger charge is -2.02. The summed E-state index contributed by atoms with van der Waals surface area (Å²) in [5.41, 5.74) is 1.81. The first-order valence-corrected chi connectivity index (χ1v) is 5.95. The highest BCUT2D eigenvalue weighted by Crippen LogP contribution is 2.17. The molecule has 0 saturated heterocycles. The zero-order valence-corrected chi connectivity index (χ0v) is 9.94. The topological polar surface area (TPSA) is 88.0 Å². The largest absolute Gasteiger partial charge is 0.289 e. The third-order valence-corrected chi connectivity index (χ3v) is 2.49. The molecule has 2 rings (SSSR count). The van der Waals surface area contributed by atoms with Crippen molar-refractivity contribution in [3.63, 3.8) is 0 Å². The third-order valence-electron chi connectivity index (χ3n) is 1.88. The molecule has 0 bridgehead atoms. The molecule has 88 valence electrons. The fourth-order valence-corrected chi connectivity index (χ4v) is 1.59. The number of aromatic nitrogens is 3. The summed E-state index contributed by atoms with van der Waals surface area (Å²) in [6, 6.07) is 3.31. The van der Waals surface area contributed by atoms with Gasteiger partial charge in [-0.2, -0.15) is 0 Å². The van der Waals surface area contributed by atoms with Crippen molar-refractivity contribution >= 4 is 28.6 Å². The van der Waals surface area contributed by atoms with Crippen LogP contribution >= 0.6 is 11.6 Å². The van der Waals surface area contributed by atoms with Crippen LogP contribution in [0.5, 0.6) is 0 Å². The van der Waals surface area contributed by atoms with Crippen LogP contribution in [0.25, 0.3) is 11.3 Å². The monoisotopic (exact) mass is 270 g/mol. The molecule has 2 heterocycles. The van der Waals surface area contributed by atoms with Gasteiger partial charge in [0.1, 0.15) is 0 Å². The highest BCUT2D eigenvalue weighted by atomic mass is 35.5. The fraction of sp³-hybridized carbons (Fsp3) is 0. The number of pyridine rings is 1. The van der Waals surface area contributed by atoms with E-state index in [2.05, 4.69) is 19.7 Å². The van der Waals surface area contributed by atoms with Crippen molar-refractivity contribution in [2.45, 2.75) is 0 Å². The molecule has 1 unspecified atom stereocenters. The first kappa shape index (κ1) is 11.9. The van der Waals surface area contributed by atoms with E-state index in [1.807, 2.05) is 0 Å². The summed E-state index contributed by atoms with van der Waals surface area (Å²) in [6.45, 7) is 0. The van der Waals surface area contributed by atoms with E-state index in [0.29, 0.717) is 16.9 Å². The van der Waals surface area contributed by atoms with Crippen LogP contribution in [-0.4, -0.2) is 23.7 Å². The number of rotatable bonds is 3. The number of nitrogens with zero attached hydrogens (tertiary/aromatic N) is 3. The Bertz CT molecular complexity index is 532. The lowest BCUT2D eigenvalue weighted by Crippen LogP contribution is -2.02. The van der Waals surface area contributed by atoms with E-state index in [1.54, 1.807) is 24.5 Å². The van der Waals surface area contributed by atoms with E-state index >= 15 is 0 Å². The zero-order chi connectivity index (χ0) is 12.3. The second-order valence-electron chi connectivity index (χ2n) is 3.02. The summed E-state index contributed by atoms with van der Waals surface area (Å²) in [7, 11) is 0. The van der Waals surface area contributed by atoms with Gasteiger partial charge < -0.3 is 0 Å². The molecule has 2 aromatic heterocycles. The molecule has 0 spiro atoms. The number of hydrogen-bond donors (Lipinski definition) is 2. The first-order chi connectivity index (χ1) is 8.15. The van der Waals surface area contributed by atoms with Crippen LogP contribution in [0.1, 0.15) is 0 Å². The van der Waals surface area contributed by atoms with Gasteiger partial charge in [-0.05, 0) is 23.7 Å². The molecule has 0 aliphatic carbocycles. The van der Waals surface area contributed by atoms with Gasteiger partial charge in [0, 0.05) is 18.0 Å². The smallest absolute Gasteiger partial charge is 0.259 e. The van der Waals surface area contributed by atoms with Crippen molar-refractivity contribution in [3.05, 3.63) is 36.0 Å². The maximum absolute atomic E-state index is 10.5. The molecule has 2 N–H and O–H groups in total. The van der Waals surface area contributed by atoms with Crippen molar-refractivity contribution in [3.8, 4) is 11.3 Å². The van der Waals surface area contributed by atoms with Crippen LogP contribution in [0.4, 0.5) is 5.69 Å². The van der Waals surface area contributed by atoms with Gasteiger partial charge in [-0.1, -0.05) is 0 Å². The molecule has 0 radical (unpaired) electrons. The van der Waals surface area contributed by atoms with E-state index < -0.39 is 11.3 Å². The minimum atomic E-state index is -2.10. The molecule has 17 heavy (non-hydrogen) atoms. The van der Waals surface area contributed by atoms with Gasteiger partial charge >= 0.3 is 0 Å². The van der Waals surface area contributed by atoms with E-state index in [4.69, 9.17) is 16.2 Å². The molecular formula is C9H7ClN4O2S.